The van der Waals surface area contributed by atoms with Crippen LogP contribution in [0, 0.1) is 5.92 Å². The zero-order valence-electron chi connectivity index (χ0n) is 13.2. The third-order valence-corrected chi connectivity index (χ3v) is 2.87. The van der Waals surface area contributed by atoms with Crippen molar-refractivity contribution in [3.05, 3.63) is 0 Å². The summed E-state index contributed by atoms with van der Waals surface area (Å²) in [4.78, 5) is 18.6. The third kappa shape index (κ3) is 6.28. The molecule has 5 nitrogen and oxygen atoms in total. The average molecular weight is 397 g/mol. The minimum Gasteiger partial charge on any atom is -0.460 e. The van der Waals surface area contributed by atoms with Gasteiger partial charge < -0.3 is 15.0 Å². The summed E-state index contributed by atoms with van der Waals surface area (Å²) in [6.45, 7) is 12.9. The van der Waals surface area contributed by atoms with E-state index in [1.807, 2.05) is 34.6 Å². The zero-order valence-corrected chi connectivity index (χ0v) is 15.6. The van der Waals surface area contributed by atoms with Gasteiger partial charge in [-0.15, -0.1) is 24.0 Å². The van der Waals surface area contributed by atoms with Gasteiger partial charge in [0.1, 0.15) is 5.60 Å². The predicted octanol–water partition coefficient (Wildman–Crippen LogP) is 2.25. The lowest BCUT2D eigenvalue weighted by molar-refractivity contribution is -0.159. The van der Waals surface area contributed by atoms with Crippen molar-refractivity contribution in [2.45, 2.75) is 46.6 Å². The summed E-state index contributed by atoms with van der Waals surface area (Å²) >= 11 is 0. The maximum absolute atomic E-state index is 12.0. The Morgan fingerprint density at radius 3 is 2.55 bits per heavy atom. The van der Waals surface area contributed by atoms with Gasteiger partial charge in [-0.05, 0) is 41.0 Å². The van der Waals surface area contributed by atoms with Crippen molar-refractivity contribution in [2.24, 2.45) is 10.9 Å². The van der Waals surface area contributed by atoms with Crippen LogP contribution in [0.1, 0.15) is 41.0 Å². The van der Waals surface area contributed by atoms with Crippen molar-refractivity contribution in [2.75, 3.05) is 26.2 Å². The number of guanidine groups is 1. The maximum atomic E-state index is 12.0. The Morgan fingerprint density at radius 1 is 1.40 bits per heavy atom. The van der Waals surface area contributed by atoms with E-state index in [-0.39, 0.29) is 35.9 Å². The highest BCUT2D eigenvalue weighted by atomic mass is 127. The van der Waals surface area contributed by atoms with Gasteiger partial charge in [0.15, 0.2) is 5.96 Å². The van der Waals surface area contributed by atoms with Crippen molar-refractivity contribution in [3.8, 4) is 0 Å². The highest BCUT2D eigenvalue weighted by molar-refractivity contribution is 14.0. The Bertz CT molecular complexity index is 340. The Morgan fingerprint density at radius 2 is 2.05 bits per heavy atom. The van der Waals surface area contributed by atoms with Crippen LogP contribution in [0.25, 0.3) is 0 Å². The molecular formula is C14H28IN3O2. The molecule has 1 aliphatic rings. The first kappa shape index (κ1) is 19.5. The molecule has 0 spiro atoms. The van der Waals surface area contributed by atoms with Gasteiger partial charge in [-0.3, -0.25) is 9.79 Å². The molecule has 1 aliphatic heterocycles. The second-order valence-electron chi connectivity index (χ2n) is 5.79. The first-order chi connectivity index (χ1) is 8.87. The van der Waals surface area contributed by atoms with E-state index in [0.29, 0.717) is 6.54 Å². The standard InChI is InChI=1S/C14H27N3O2.HI/c1-6-15-13(16-7-2)17-9-8-11(10-17)12(18)19-14(3,4)5;/h11H,6-10H2,1-5H3,(H,15,16);1H. The second kappa shape index (κ2) is 8.69. The van der Waals surface area contributed by atoms with Gasteiger partial charge in [0.05, 0.1) is 5.92 Å². The van der Waals surface area contributed by atoms with Crippen LogP contribution in [0.4, 0.5) is 0 Å². The zero-order chi connectivity index (χ0) is 14.5. The first-order valence-corrected chi connectivity index (χ1v) is 7.13. The van der Waals surface area contributed by atoms with Crippen molar-refractivity contribution in [1.29, 1.82) is 0 Å². The van der Waals surface area contributed by atoms with Crippen LogP contribution >= 0.6 is 24.0 Å². The monoisotopic (exact) mass is 397 g/mol. The molecular weight excluding hydrogens is 369 g/mol. The molecule has 0 amide bonds. The lowest BCUT2D eigenvalue weighted by atomic mass is 10.1. The summed E-state index contributed by atoms with van der Waals surface area (Å²) < 4.78 is 5.44. The van der Waals surface area contributed by atoms with Gasteiger partial charge in [-0.2, -0.15) is 0 Å². The number of hydrogen-bond donors (Lipinski definition) is 1. The number of rotatable bonds is 3. The van der Waals surface area contributed by atoms with Crippen molar-refractivity contribution in [3.63, 3.8) is 0 Å². The summed E-state index contributed by atoms with van der Waals surface area (Å²) in [5.74, 6) is 0.762. The van der Waals surface area contributed by atoms with E-state index in [0.717, 1.165) is 32.0 Å². The number of esters is 1. The van der Waals surface area contributed by atoms with Crippen LogP contribution in [-0.4, -0.2) is 48.6 Å². The highest BCUT2D eigenvalue weighted by Gasteiger charge is 2.33. The van der Waals surface area contributed by atoms with Gasteiger partial charge in [-0.1, -0.05) is 0 Å². The summed E-state index contributed by atoms with van der Waals surface area (Å²) in [6, 6.07) is 0. The van der Waals surface area contributed by atoms with Gasteiger partial charge in [0.25, 0.3) is 0 Å². The third-order valence-electron chi connectivity index (χ3n) is 2.87. The summed E-state index contributed by atoms with van der Waals surface area (Å²) in [5, 5.41) is 3.26. The average Bonchev–Trinajstić information content (AvgIpc) is 2.75. The minimum absolute atomic E-state index is 0. The van der Waals surface area contributed by atoms with E-state index >= 15 is 0 Å². The van der Waals surface area contributed by atoms with E-state index in [1.165, 1.54) is 0 Å². The molecule has 0 aliphatic carbocycles. The molecule has 6 heteroatoms. The maximum Gasteiger partial charge on any atom is 0.311 e. The van der Waals surface area contributed by atoms with Gasteiger partial charge in [0.2, 0.25) is 0 Å². The quantitative estimate of drug-likeness (QED) is 0.344. The smallest absolute Gasteiger partial charge is 0.311 e. The number of carbonyl (C=O) groups excluding carboxylic acids is 1. The SMILES string of the molecule is CCN=C(NCC)N1CCC(C(=O)OC(C)(C)C)C1.I. The van der Waals surface area contributed by atoms with Gasteiger partial charge >= 0.3 is 5.97 Å². The molecule has 1 atom stereocenters. The fourth-order valence-electron chi connectivity index (χ4n) is 2.11. The van der Waals surface area contributed by atoms with Crippen LogP contribution in [-0.2, 0) is 9.53 Å². The molecule has 1 fully saturated rings. The topological polar surface area (TPSA) is 53.9 Å². The number of hydrogen-bond acceptors (Lipinski definition) is 3. The number of halogens is 1. The lowest BCUT2D eigenvalue weighted by Crippen LogP contribution is -2.41. The molecule has 0 radical (unpaired) electrons. The Balaban J connectivity index is 0.00000361. The molecule has 0 aromatic rings. The molecule has 1 heterocycles. The van der Waals surface area contributed by atoms with E-state index in [9.17, 15) is 4.79 Å². The fraction of sp³-hybridized carbons (Fsp3) is 0.857. The second-order valence-corrected chi connectivity index (χ2v) is 5.79. The molecule has 0 aromatic heterocycles. The van der Waals surface area contributed by atoms with Gasteiger partial charge in [0, 0.05) is 26.2 Å². The number of nitrogens with one attached hydrogen (secondary N) is 1. The molecule has 0 bridgehead atoms. The molecule has 20 heavy (non-hydrogen) atoms. The highest BCUT2D eigenvalue weighted by Crippen LogP contribution is 2.20. The number of likely N-dealkylation sites (tertiary alicyclic amines) is 1. The molecule has 1 unspecified atom stereocenters. The molecule has 0 saturated carbocycles. The van der Waals surface area contributed by atoms with Gasteiger partial charge in [-0.25, -0.2) is 0 Å². The van der Waals surface area contributed by atoms with Crippen molar-refractivity contribution < 1.29 is 9.53 Å². The van der Waals surface area contributed by atoms with Crippen molar-refractivity contribution >= 4 is 35.9 Å². The molecule has 1 saturated heterocycles. The number of nitrogens with zero attached hydrogens (tertiary/aromatic N) is 2. The molecule has 1 N–H and O–H groups in total. The van der Waals surface area contributed by atoms with Crippen molar-refractivity contribution in [1.82, 2.24) is 10.2 Å². The Kier molecular flexibility index (Phi) is 8.46. The summed E-state index contributed by atoms with van der Waals surface area (Å²) in [7, 11) is 0. The molecule has 0 aromatic carbocycles. The van der Waals surface area contributed by atoms with E-state index < -0.39 is 5.60 Å². The molecule has 1 rings (SSSR count). The van der Waals surface area contributed by atoms with Crippen LogP contribution in [0.15, 0.2) is 4.99 Å². The number of ether oxygens (including phenoxy) is 1. The Labute approximate surface area is 139 Å². The van der Waals surface area contributed by atoms with Crippen LogP contribution in [0.3, 0.4) is 0 Å². The minimum atomic E-state index is -0.410. The molecule has 118 valence electrons. The largest absolute Gasteiger partial charge is 0.460 e. The Hall–Kier alpha value is -0.530. The van der Waals surface area contributed by atoms with Crippen LogP contribution < -0.4 is 5.32 Å². The summed E-state index contributed by atoms with van der Waals surface area (Å²) in [6.07, 6.45) is 0.836. The van der Waals surface area contributed by atoms with E-state index in [4.69, 9.17) is 4.74 Å². The van der Waals surface area contributed by atoms with Crippen LogP contribution in [0.5, 0.6) is 0 Å². The first-order valence-electron chi connectivity index (χ1n) is 7.13. The van der Waals surface area contributed by atoms with Crippen LogP contribution in [0.2, 0.25) is 0 Å². The number of carbonyl (C=O) groups is 1. The summed E-state index contributed by atoms with van der Waals surface area (Å²) in [5.41, 5.74) is -0.410. The number of aliphatic imine (C=N–C) groups is 1. The fourth-order valence-corrected chi connectivity index (χ4v) is 2.11. The normalized spacial score (nSPS) is 19.6. The predicted molar refractivity (Wildman–Crippen MR) is 92.6 cm³/mol. The lowest BCUT2D eigenvalue weighted by Gasteiger charge is -2.23. The van der Waals surface area contributed by atoms with E-state index in [2.05, 4.69) is 15.2 Å². The van der Waals surface area contributed by atoms with E-state index in [1.54, 1.807) is 0 Å².